The fourth-order valence-corrected chi connectivity index (χ4v) is 2.64. The van der Waals surface area contributed by atoms with Crippen molar-refractivity contribution in [2.45, 2.75) is 13.3 Å². The topological polar surface area (TPSA) is 26.3 Å². The van der Waals surface area contributed by atoms with Crippen LogP contribution < -0.4 is 4.74 Å². The molecule has 0 spiro atoms. The van der Waals surface area contributed by atoms with Crippen molar-refractivity contribution >= 4 is 28.7 Å². The van der Waals surface area contributed by atoms with Crippen LogP contribution in [-0.4, -0.2) is 12.4 Å². The van der Waals surface area contributed by atoms with Crippen LogP contribution in [0.4, 0.5) is 4.39 Å². The fourth-order valence-electron chi connectivity index (χ4n) is 1.55. The second-order valence-electron chi connectivity index (χ2n) is 3.88. The number of thiophene rings is 1. The smallest absolute Gasteiger partial charge is 0.210 e. The molecule has 0 radical (unpaired) electrons. The van der Waals surface area contributed by atoms with Gasteiger partial charge in [-0.25, -0.2) is 4.39 Å². The van der Waals surface area contributed by atoms with Crippen LogP contribution in [0.15, 0.2) is 30.3 Å². The van der Waals surface area contributed by atoms with E-state index in [1.807, 2.05) is 13.0 Å². The Kier molecular flexibility index (Phi) is 4.56. The Bertz CT molecular complexity index is 575. The first kappa shape index (κ1) is 14.0. The fraction of sp³-hybridized carbons (Fsp3) is 0.214. The van der Waals surface area contributed by atoms with Gasteiger partial charge in [0, 0.05) is 4.88 Å². The number of benzene rings is 1. The van der Waals surface area contributed by atoms with Gasteiger partial charge in [-0.2, -0.15) is 0 Å². The maximum absolute atomic E-state index is 13.4. The van der Waals surface area contributed by atoms with Gasteiger partial charge in [-0.3, -0.25) is 4.79 Å². The van der Waals surface area contributed by atoms with E-state index in [0.717, 1.165) is 11.3 Å². The van der Waals surface area contributed by atoms with Crippen molar-refractivity contribution in [3.63, 3.8) is 0 Å². The zero-order chi connectivity index (χ0) is 13.8. The molecule has 2 nitrogen and oxygen atoms in total. The minimum Gasteiger partial charge on any atom is -0.481 e. The van der Waals surface area contributed by atoms with E-state index in [1.165, 1.54) is 29.5 Å². The number of carbonyl (C=O) groups excluding carboxylic acids is 1. The zero-order valence-electron chi connectivity index (χ0n) is 10.3. The first-order chi connectivity index (χ1) is 9.11. The maximum atomic E-state index is 13.4. The van der Waals surface area contributed by atoms with E-state index in [9.17, 15) is 9.18 Å². The van der Waals surface area contributed by atoms with Crippen LogP contribution in [0.2, 0.25) is 5.02 Å². The molecule has 0 aliphatic heterocycles. The van der Waals surface area contributed by atoms with Crippen LogP contribution in [0.25, 0.3) is 0 Å². The summed E-state index contributed by atoms with van der Waals surface area (Å²) in [5.41, 5.74) is 0. The van der Waals surface area contributed by atoms with Gasteiger partial charge in [0.15, 0.2) is 18.2 Å². The molecule has 1 aromatic carbocycles. The summed E-state index contributed by atoms with van der Waals surface area (Å²) in [6.07, 6.45) is 0.887. The normalized spacial score (nSPS) is 10.5. The Morgan fingerprint density at radius 2 is 2.16 bits per heavy atom. The van der Waals surface area contributed by atoms with Crippen LogP contribution in [0, 0.1) is 5.82 Å². The largest absolute Gasteiger partial charge is 0.481 e. The van der Waals surface area contributed by atoms with E-state index in [2.05, 4.69) is 0 Å². The minimum absolute atomic E-state index is 0.0789. The van der Waals surface area contributed by atoms with Gasteiger partial charge in [0.25, 0.3) is 0 Å². The van der Waals surface area contributed by atoms with E-state index in [-0.39, 0.29) is 23.2 Å². The first-order valence-corrected chi connectivity index (χ1v) is 7.00. The van der Waals surface area contributed by atoms with Crippen LogP contribution in [0.1, 0.15) is 21.5 Å². The molecule has 0 N–H and O–H groups in total. The molecule has 0 saturated heterocycles. The van der Waals surface area contributed by atoms with Crippen molar-refractivity contribution in [3.05, 3.63) is 50.9 Å². The number of hydrogen-bond donors (Lipinski definition) is 0. The SMILES string of the molecule is CCc1ccc(C(=O)COc2c(F)cccc2Cl)s1. The molecule has 19 heavy (non-hydrogen) atoms. The molecular formula is C14H12ClFO2S. The van der Waals surface area contributed by atoms with Gasteiger partial charge in [-0.15, -0.1) is 11.3 Å². The molecule has 0 atom stereocenters. The van der Waals surface area contributed by atoms with Gasteiger partial charge in [-0.1, -0.05) is 24.6 Å². The Morgan fingerprint density at radius 1 is 1.37 bits per heavy atom. The van der Waals surface area contributed by atoms with Gasteiger partial charge >= 0.3 is 0 Å². The highest BCUT2D eigenvalue weighted by Crippen LogP contribution is 2.27. The van der Waals surface area contributed by atoms with Gasteiger partial charge in [0.05, 0.1) is 9.90 Å². The van der Waals surface area contributed by atoms with Crippen molar-refractivity contribution in [2.75, 3.05) is 6.61 Å². The number of aryl methyl sites for hydroxylation is 1. The molecule has 0 aliphatic carbocycles. The van der Waals surface area contributed by atoms with E-state index >= 15 is 0 Å². The number of para-hydroxylation sites is 1. The first-order valence-electron chi connectivity index (χ1n) is 5.80. The van der Waals surface area contributed by atoms with Crippen molar-refractivity contribution in [2.24, 2.45) is 0 Å². The molecule has 0 amide bonds. The van der Waals surface area contributed by atoms with Crippen LogP contribution in [-0.2, 0) is 6.42 Å². The molecular weight excluding hydrogens is 287 g/mol. The summed E-state index contributed by atoms with van der Waals surface area (Å²) in [5, 5.41) is 0.160. The molecule has 2 aromatic rings. The quantitative estimate of drug-likeness (QED) is 0.766. The second kappa shape index (κ2) is 6.17. The second-order valence-corrected chi connectivity index (χ2v) is 5.46. The van der Waals surface area contributed by atoms with Crippen LogP contribution in [0.5, 0.6) is 5.75 Å². The van der Waals surface area contributed by atoms with Crippen molar-refractivity contribution in [1.29, 1.82) is 0 Å². The highest BCUT2D eigenvalue weighted by atomic mass is 35.5. The number of hydrogen-bond acceptors (Lipinski definition) is 3. The predicted octanol–water partition coefficient (Wildman–Crippen LogP) is 4.36. The molecule has 2 rings (SSSR count). The predicted molar refractivity (Wildman–Crippen MR) is 74.9 cm³/mol. The Labute approximate surface area is 119 Å². The highest BCUT2D eigenvalue weighted by Gasteiger charge is 2.13. The Morgan fingerprint density at radius 3 is 2.79 bits per heavy atom. The summed E-state index contributed by atoms with van der Waals surface area (Å²) >= 11 is 7.24. The van der Waals surface area contributed by atoms with Crippen molar-refractivity contribution < 1.29 is 13.9 Å². The van der Waals surface area contributed by atoms with E-state index < -0.39 is 5.82 Å². The summed E-state index contributed by atoms with van der Waals surface area (Å²) < 4.78 is 18.6. The number of rotatable bonds is 5. The monoisotopic (exact) mass is 298 g/mol. The zero-order valence-corrected chi connectivity index (χ0v) is 11.9. The average molecular weight is 299 g/mol. The Hall–Kier alpha value is -1.39. The lowest BCUT2D eigenvalue weighted by molar-refractivity contribution is 0.0923. The molecule has 0 bridgehead atoms. The van der Waals surface area contributed by atoms with Crippen LogP contribution >= 0.6 is 22.9 Å². The average Bonchev–Trinajstić information content (AvgIpc) is 2.86. The van der Waals surface area contributed by atoms with Crippen LogP contribution in [0.3, 0.4) is 0 Å². The van der Waals surface area contributed by atoms with Gasteiger partial charge in [0.2, 0.25) is 5.78 Å². The molecule has 100 valence electrons. The summed E-state index contributed by atoms with van der Waals surface area (Å²) in [4.78, 5) is 13.6. The lowest BCUT2D eigenvalue weighted by Gasteiger charge is -2.07. The summed E-state index contributed by atoms with van der Waals surface area (Å²) in [6.45, 7) is 1.81. The molecule has 1 heterocycles. The maximum Gasteiger partial charge on any atom is 0.210 e. The molecule has 0 fully saturated rings. The van der Waals surface area contributed by atoms with Gasteiger partial charge < -0.3 is 4.74 Å². The van der Waals surface area contributed by atoms with Crippen molar-refractivity contribution in [3.8, 4) is 5.75 Å². The molecule has 0 unspecified atom stereocenters. The summed E-state index contributed by atoms with van der Waals surface area (Å²) in [6, 6.07) is 7.92. The molecule has 0 saturated carbocycles. The third-order valence-corrected chi connectivity index (χ3v) is 4.12. The van der Waals surface area contributed by atoms with E-state index in [0.29, 0.717) is 4.88 Å². The summed E-state index contributed by atoms with van der Waals surface area (Å²) in [5.74, 6) is -0.825. The standard InChI is InChI=1S/C14H12ClFO2S/c1-2-9-6-7-13(19-9)12(17)8-18-14-10(15)4-3-5-11(14)16/h3-7H,2,8H2,1H3. The van der Waals surface area contributed by atoms with E-state index in [1.54, 1.807) is 6.07 Å². The number of Topliss-reactive ketones (excluding diaryl/α,β-unsaturated/α-hetero) is 1. The minimum atomic E-state index is -0.569. The van der Waals surface area contributed by atoms with Gasteiger partial charge in [-0.05, 0) is 30.7 Å². The van der Waals surface area contributed by atoms with E-state index in [4.69, 9.17) is 16.3 Å². The number of ether oxygens (including phenoxy) is 1. The molecule has 1 aromatic heterocycles. The third-order valence-electron chi connectivity index (χ3n) is 2.55. The lowest BCUT2D eigenvalue weighted by atomic mass is 10.3. The van der Waals surface area contributed by atoms with Gasteiger partial charge in [0.1, 0.15) is 0 Å². The third kappa shape index (κ3) is 3.33. The summed E-state index contributed by atoms with van der Waals surface area (Å²) in [7, 11) is 0. The Balaban J connectivity index is 2.04. The van der Waals surface area contributed by atoms with Crippen molar-refractivity contribution in [1.82, 2.24) is 0 Å². The lowest BCUT2D eigenvalue weighted by Crippen LogP contribution is -2.11. The number of carbonyl (C=O) groups is 1. The molecule has 0 aliphatic rings. The molecule has 5 heteroatoms. The highest BCUT2D eigenvalue weighted by molar-refractivity contribution is 7.14. The number of halogens is 2. The number of ketones is 1.